The Labute approximate surface area is 181 Å². The lowest BCUT2D eigenvalue weighted by Crippen LogP contribution is -2.39. The van der Waals surface area contributed by atoms with Crippen LogP contribution >= 0.6 is 24.0 Å². The van der Waals surface area contributed by atoms with Gasteiger partial charge in [-0.2, -0.15) is 0 Å². The highest BCUT2D eigenvalue weighted by atomic mass is 127. The summed E-state index contributed by atoms with van der Waals surface area (Å²) in [4.78, 5) is 7.18. The van der Waals surface area contributed by atoms with Crippen LogP contribution in [0.3, 0.4) is 0 Å². The van der Waals surface area contributed by atoms with Crippen molar-refractivity contribution in [3.63, 3.8) is 0 Å². The summed E-state index contributed by atoms with van der Waals surface area (Å²) >= 11 is 0. The van der Waals surface area contributed by atoms with E-state index in [4.69, 9.17) is 9.47 Å². The first kappa shape index (κ1) is 24.1. The summed E-state index contributed by atoms with van der Waals surface area (Å²) in [5.74, 6) is 0.823. The number of methoxy groups -OCH3 is 1. The monoisotopic (exact) mass is 490 g/mol. The summed E-state index contributed by atoms with van der Waals surface area (Å²) in [7, 11) is 1.68. The zero-order valence-electron chi connectivity index (χ0n) is 16.7. The molecule has 2 N–H and O–H groups in total. The molecule has 7 heteroatoms. The number of ether oxygens (including phenoxy) is 2. The number of nitrogens with one attached hydrogen (secondary N) is 2. The molecule has 1 aliphatic heterocycles. The highest BCUT2D eigenvalue weighted by Gasteiger charge is 2.11. The summed E-state index contributed by atoms with van der Waals surface area (Å²) in [5.41, 5.74) is 2.61. The Morgan fingerprint density at radius 2 is 1.74 bits per heavy atom. The molecular formula is C20H35IN4O2. The Bertz CT molecular complexity index is 519. The molecule has 0 amide bonds. The zero-order chi connectivity index (χ0) is 18.5. The topological polar surface area (TPSA) is 58.1 Å². The van der Waals surface area contributed by atoms with Gasteiger partial charge in [0.05, 0.1) is 26.4 Å². The van der Waals surface area contributed by atoms with Crippen LogP contribution in [-0.2, 0) is 22.6 Å². The van der Waals surface area contributed by atoms with Gasteiger partial charge in [0.15, 0.2) is 5.96 Å². The van der Waals surface area contributed by atoms with Crippen molar-refractivity contribution in [2.24, 2.45) is 4.99 Å². The predicted molar refractivity (Wildman–Crippen MR) is 122 cm³/mol. The average Bonchev–Trinajstić information content (AvgIpc) is 3.16. The van der Waals surface area contributed by atoms with E-state index in [2.05, 4.69) is 51.7 Å². The lowest BCUT2D eigenvalue weighted by Gasteiger charge is -2.14. The first-order chi connectivity index (χ1) is 12.8. The van der Waals surface area contributed by atoms with Gasteiger partial charge in [-0.25, -0.2) is 4.99 Å². The second-order valence-electron chi connectivity index (χ2n) is 6.53. The highest BCUT2D eigenvalue weighted by Crippen LogP contribution is 2.13. The maximum Gasteiger partial charge on any atom is 0.191 e. The Hall–Kier alpha value is -0.900. The number of nitrogens with zero attached hydrogens (tertiary/aromatic N) is 2. The van der Waals surface area contributed by atoms with Crippen LogP contribution in [0.5, 0.6) is 0 Å². The Morgan fingerprint density at radius 3 is 2.41 bits per heavy atom. The Kier molecular flexibility index (Phi) is 13.5. The van der Waals surface area contributed by atoms with E-state index in [1.165, 1.54) is 37.1 Å². The highest BCUT2D eigenvalue weighted by molar-refractivity contribution is 14.0. The van der Waals surface area contributed by atoms with Gasteiger partial charge in [-0.1, -0.05) is 24.3 Å². The molecule has 27 heavy (non-hydrogen) atoms. The van der Waals surface area contributed by atoms with Crippen molar-refractivity contribution < 1.29 is 9.47 Å². The fourth-order valence-electron chi connectivity index (χ4n) is 2.95. The van der Waals surface area contributed by atoms with Crippen molar-refractivity contribution in [2.45, 2.75) is 32.9 Å². The largest absolute Gasteiger partial charge is 0.382 e. The summed E-state index contributed by atoms with van der Waals surface area (Å²) in [6.45, 7) is 9.73. The number of benzene rings is 1. The summed E-state index contributed by atoms with van der Waals surface area (Å²) in [6, 6.07) is 8.83. The average molecular weight is 490 g/mol. The molecule has 1 aromatic carbocycles. The molecule has 1 aliphatic rings. The molecule has 0 radical (unpaired) electrons. The molecule has 0 spiro atoms. The van der Waals surface area contributed by atoms with Gasteiger partial charge in [0, 0.05) is 26.7 Å². The predicted octanol–water partition coefficient (Wildman–Crippen LogP) is 2.62. The third-order valence-corrected chi connectivity index (χ3v) is 4.36. The lowest BCUT2D eigenvalue weighted by atomic mass is 10.1. The van der Waals surface area contributed by atoms with Crippen molar-refractivity contribution in [1.29, 1.82) is 0 Å². The second-order valence-corrected chi connectivity index (χ2v) is 6.53. The van der Waals surface area contributed by atoms with E-state index < -0.39 is 0 Å². The van der Waals surface area contributed by atoms with E-state index >= 15 is 0 Å². The maximum absolute atomic E-state index is 5.46. The molecule has 0 atom stereocenters. The quantitative estimate of drug-likeness (QED) is 0.216. The molecule has 0 aliphatic carbocycles. The minimum absolute atomic E-state index is 0. The van der Waals surface area contributed by atoms with Gasteiger partial charge >= 0.3 is 0 Å². The molecular weight excluding hydrogens is 455 g/mol. The van der Waals surface area contributed by atoms with E-state index in [0.29, 0.717) is 26.4 Å². The van der Waals surface area contributed by atoms with Gasteiger partial charge in [0.2, 0.25) is 0 Å². The first-order valence-electron chi connectivity index (χ1n) is 9.71. The van der Waals surface area contributed by atoms with E-state index in [-0.39, 0.29) is 24.0 Å². The van der Waals surface area contributed by atoms with Crippen molar-refractivity contribution in [3.8, 4) is 0 Å². The molecule has 0 aromatic heterocycles. The number of rotatable bonds is 11. The standard InChI is InChI=1S/C20H34N4O2.HI/c1-3-21-20(22-10-13-26-15-14-25-2)23-16-18-6-8-19(9-7-18)17-24-11-4-5-12-24;/h6-9H,3-5,10-17H2,1-2H3,(H2,21,22,23);1H. The third-order valence-electron chi connectivity index (χ3n) is 4.36. The summed E-state index contributed by atoms with van der Waals surface area (Å²) in [5, 5.41) is 6.56. The van der Waals surface area contributed by atoms with Gasteiger partial charge in [-0.15, -0.1) is 24.0 Å². The summed E-state index contributed by atoms with van der Waals surface area (Å²) < 4.78 is 10.4. The van der Waals surface area contributed by atoms with Crippen LogP contribution in [0.2, 0.25) is 0 Å². The molecule has 6 nitrogen and oxygen atoms in total. The third kappa shape index (κ3) is 10.3. The van der Waals surface area contributed by atoms with Crippen molar-refractivity contribution >= 4 is 29.9 Å². The minimum Gasteiger partial charge on any atom is -0.382 e. The molecule has 1 fully saturated rings. The van der Waals surface area contributed by atoms with Crippen LogP contribution in [0.1, 0.15) is 30.9 Å². The number of aliphatic imine (C=N–C) groups is 1. The van der Waals surface area contributed by atoms with Crippen LogP contribution in [0.25, 0.3) is 0 Å². The van der Waals surface area contributed by atoms with Crippen LogP contribution in [-0.4, -0.2) is 64.0 Å². The molecule has 1 saturated heterocycles. The van der Waals surface area contributed by atoms with Crippen LogP contribution in [0.4, 0.5) is 0 Å². The van der Waals surface area contributed by atoms with Gasteiger partial charge in [0.25, 0.3) is 0 Å². The molecule has 0 saturated carbocycles. The fourth-order valence-corrected chi connectivity index (χ4v) is 2.95. The van der Waals surface area contributed by atoms with Gasteiger partial charge < -0.3 is 20.1 Å². The molecule has 154 valence electrons. The van der Waals surface area contributed by atoms with Crippen molar-refractivity contribution in [1.82, 2.24) is 15.5 Å². The number of likely N-dealkylation sites (tertiary alicyclic amines) is 1. The van der Waals surface area contributed by atoms with E-state index in [9.17, 15) is 0 Å². The lowest BCUT2D eigenvalue weighted by molar-refractivity contribution is 0.0733. The van der Waals surface area contributed by atoms with Crippen LogP contribution < -0.4 is 10.6 Å². The molecule has 1 heterocycles. The first-order valence-corrected chi connectivity index (χ1v) is 9.71. The molecule has 2 rings (SSSR count). The molecule has 0 bridgehead atoms. The van der Waals surface area contributed by atoms with E-state index in [1.807, 2.05) is 0 Å². The number of hydrogen-bond acceptors (Lipinski definition) is 4. The Morgan fingerprint density at radius 1 is 1.04 bits per heavy atom. The van der Waals surface area contributed by atoms with Crippen molar-refractivity contribution in [2.75, 3.05) is 53.1 Å². The van der Waals surface area contributed by atoms with E-state index in [1.54, 1.807) is 7.11 Å². The van der Waals surface area contributed by atoms with Gasteiger partial charge in [0.1, 0.15) is 0 Å². The molecule has 1 aromatic rings. The normalized spacial score (nSPS) is 14.8. The number of halogens is 1. The smallest absolute Gasteiger partial charge is 0.191 e. The van der Waals surface area contributed by atoms with E-state index in [0.717, 1.165) is 25.6 Å². The second kappa shape index (κ2) is 15.1. The summed E-state index contributed by atoms with van der Waals surface area (Å²) in [6.07, 6.45) is 2.68. The number of hydrogen-bond donors (Lipinski definition) is 2. The van der Waals surface area contributed by atoms with Crippen LogP contribution in [0.15, 0.2) is 29.3 Å². The SMILES string of the molecule is CCNC(=NCc1ccc(CN2CCCC2)cc1)NCCOCCOC.I. The van der Waals surface area contributed by atoms with Gasteiger partial charge in [-0.3, -0.25) is 4.90 Å². The number of guanidine groups is 1. The van der Waals surface area contributed by atoms with Crippen LogP contribution in [0, 0.1) is 0 Å². The maximum atomic E-state index is 5.46. The Balaban J connectivity index is 0.00000364. The molecule has 0 unspecified atom stereocenters. The minimum atomic E-state index is 0. The zero-order valence-corrected chi connectivity index (χ0v) is 19.0. The van der Waals surface area contributed by atoms with Crippen molar-refractivity contribution in [3.05, 3.63) is 35.4 Å². The van der Waals surface area contributed by atoms with Gasteiger partial charge in [-0.05, 0) is 44.0 Å². The fraction of sp³-hybridized carbons (Fsp3) is 0.650.